The van der Waals surface area contributed by atoms with Crippen LogP contribution in [-0.2, 0) is 4.79 Å². The molecule has 1 aromatic heterocycles. The normalized spacial score (nSPS) is 18.7. The molecule has 4 rings (SSSR count). The Kier molecular flexibility index (Phi) is 7.58. The zero-order chi connectivity index (χ0) is 23.9. The number of piperidine rings is 1. The lowest BCUT2D eigenvalue weighted by atomic mass is 9.97. The summed E-state index contributed by atoms with van der Waals surface area (Å²) in [5, 5.41) is 3.09. The zero-order valence-corrected chi connectivity index (χ0v) is 19.7. The van der Waals surface area contributed by atoms with Crippen LogP contribution in [0.15, 0.2) is 79.0 Å². The van der Waals surface area contributed by atoms with Crippen LogP contribution in [0.4, 0.5) is 0 Å². The maximum absolute atomic E-state index is 13.0. The minimum atomic E-state index is -0.364. The van der Waals surface area contributed by atoms with E-state index in [2.05, 4.69) is 24.1 Å². The van der Waals surface area contributed by atoms with Crippen molar-refractivity contribution in [3.63, 3.8) is 0 Å². The molecule has 6 heteroatoms. The predicted octanol–water partition coefficient (Wildman–Crippen LogP) is 4.77. The molecule has 3 atom stereocenters. The second-order valence-corrected chi connectivity index (χ2v) is 8.81. The van der Waals surface area contributed by atoms with Crippen molar-refractivity contribution in [2.75, 3.05) is 6.61 Å². The number of rotatable bonds is 7. The Bertz CT molecular complexity index is 1040. The predicted molar refractivity (Wildman–Crippen MR) is 132 cm³/mol. The first-order valence-corrected chi connectivity index (χ1v) is 11.8. The van der Waals surface area contributed by atoms with Gasteiger partial charge in [-0.05, 0) is 75.1 Å². The van der Waals surface area contributed by atoms with Gasteiger partial charge in [0, 0.05) is 23.8 Å². The van der Waals surface area contributed by atoms with E-state index in [1.807, 2.05) is 53.4 Å². The van der Waals surface area contributed by atoms with E-state index in [1.54, 1.807) is 30.5 Å². The molecule has 0 bridgehead atoms. The summed E-state index contributed by atoms with van der Waals surface area (Å²) in [7, 11) is 0. The molecule has 6 nitrogen and oxygen atoms in total. The minimum Gasteiger partial charge on any atom is -0.484 e. The zero-order valence-electron chi connectivity index (χ0n) is 19.7. The molecule has 0 aliphatic carbocycles. The molecule has 0 spiro atoms. The van der Waals surface area contributed by atoms with Crippen LogP contribution in [0.2, 0.25) is 0 Å². The van der Waals surface area contributed by atoms with Crippen LogP contribution in [0, 0.1) is 0 Å². The first kappa shape index (κ1) is 23.5. The van der Waals surface area contributed by atoms with Crippen LogP contribution in [0.3, 0.4) is 0 Å². The number of carbonyl (C=O) groups is 2. The Morgan fingerprint density at radius 3 is 2.29 bits per heavy atom. The van der Waals surface area contributed by atoms with Gasteiger partial charge in [0.2, 0.25) is 0 Å². The molecule has 2 amide bonds. The van der Waals surface area contributed by atoms with Crippen LogP contribution in [-0.4, -0.2) is 40.4 Å². The average molecular weight is 458 g/mol. The van der Waals surface area contributed by atoms with E-state index in [9.17, 15) is 9.59 Å². The number of carbonyl (C=O) groups excluding carboxylic acids is 2. The second kappa shape index (κ2) is 11.0. The summed E-state index contributed by atoms with van der Waals surface area (Å²) in [6, 6.07) is 22.4. The van der Waals surface area contributed by atoms with Crippen molar-refractivity contribution in [2.24, 2.45) is 0 Å². The van der Waals surface area contributed by atoms with Crippen LogP contribution in [0.1, 0.15) is 60.8 Å². The summed E-state index contributed by atoms with van der Waals surface area (Å²) in [6.07, 6.45) is 4.93. The first-order chi connectivity index (χ1) is 16.5. The summed E-state index contributed by atoms with van der Waals surface area (Å²) in [5.74, 6) is 0.354. The van der Waals surface area contributed by atoms with Crippen molar-refractivity contribution in [2.45, 2.75) is 51.2 Å². The third kappa shape index (κ3) is 5.63. The number of hydrogen-bond acceptors (Lipinski definition) is 4. The number of benzene rings is 2. The van der Waals surface area contributed by atoms with Gasteiger partial charge in [0.25, 0.3) is 11.8 Å². The fourth-order valence-electron chi connectivity index (χ4n) is 4.57. The van der Waals surface area contributed by atoms with Crippen LogP contribution in [0.25, 0.3) is 0 Å². The first-order valence-electron chi connectivity index (χ1n) is 11.8. The summed E-state index contributed by atoms with van der Waals surface area (Å²) < 4.78 is 5.74. The van der Waals surface area contributed by atoms with E-state index in [-0.39, 0.29) is 36.5 Å². The van der Waals surface area contributed by atoms with Gasteiger partial charge in [0.1, 0.15) is 5.75 Å². The molecule has 176 valence electrons. The van der Waals surface area contributed by atoms with Gasteiger partial charge >= 0.3 is 0 Å². The maximum atomic E-state index is 13.0. The largest absolute Gasteiger partial charge is 0.484 e. The van der Waals surface area contributed by atoms with Crippen LogP contribution < -0.4 is 10.1 Å². The molecule has 1 N–H and O–H groups in total. The lowest BCUT2D eigenvalue weighted by Crippen LogP contribution is -2.49. The summed E-state index contributed by atoms with van der Waals surface area (Å²) in [4.78, 5) is 32.1. The fraction of sp³-hybridized carbons (Fsp3) is 0.321. The number of amides is 2. The van der Waals surface area contributed by atoms with Crippen molar-refractivity contribution in [3.05, 3.63) is 95.8 Å². The van der Waals surface area contributed by atoms with Crippen molar-refractivity contribution in [1.29, 1.82) is 0 Å². The Morgan fingerprint density at radius 2 is 1.65 bits per heavy atom. The van der Waals surface area contributed by atoms with Gasteiger partial charge in [0.05, 0.1) is 11.7 Å². The molecule has 2 aromatic carbocycles. The van der Waals surface area contributed by atoms with Gasteiger partial charge in [-0.1, -0.05) is 36.4 Å². The van der Waals surface area contributed by atoms with Gasteiger partial charge in [-0.3, -0.25) is 14.6 Å². The highest BCUT2D eigenvalue weighted by molar-refractivity contribution is 5.94. The third-order valence-corrected chi connectivity index (χ3v) is 6.35. The number of nitrogens with zero attached hydrogens (tertiary/aromatic N) is 2. The molecule has 2 heterocycles. The van der Waals surface area contributed by atoms with E-state index in [0.29, 0.717) is 11.3 Å². The maximum Gasteiger partial charge on any atom is 0.260 e. The van der Waals surface area contributed by atoms with Crippen molar-refractivity contribution in [3.8, 4) is 5.75 Å². The molecule has 1 aliphatic rings. The van der Waals surface area contributed by atoms with Crippen molar-refractivity contribution >= 4 is 11.8 Å². The van der Waals surface area contributed by atoms with E-state index in [0.717, 1.165) is 30.5 Å². The van der Waals surface area contributed by atoms with Gasteiger partial charge in [0.15, 0.2) is 6.61 Å². The lowest BCUT2D eigenvalue weighted by molar-refractivity contribution is -0.139. The smallest absolute Gasteiger partial charge is 0.260 e. The number of ether oxygens (including phenoxy) is 1. The average Bonchev–Trinajstić information content (AvgIpc) is 2.87. The standard InChI is InChI=1S/C28H31N3O3/c1-20-9-8-10-21(2)31(20)26(32)19-34-24-16-14-23(15-17-24)28(33)30-27(22-11-4-3-5-12-22)25-13-6-7-18-29-25/h3-7,11-18,20-21,27H,8-10,19H2,1-2H3,(H,30,33). The number of hydrogen-bond donors (Lipinski definition) is 1. The Morgan fingerprint density at radius 1 is 0.971 bits per heavy atom. The molecule has 0 saturated carbocycles. The summed E-state index contributed by atoms with van der Waals surface area (Å²) in [6.45, 7) is 4.18. The van der Waals surface area contributed by atoms with Crippen LogP contribution >= 0.6 is 0 Å². The minimum absolute atomic E-state index is 0.00239. The van der Waals surface area contributed by atoms with Crippen molar-refractivity contribution in [1.82, 2.24) is 15.2 Å². The highest BCUT2D eigenvalue weighted by atomic mass is 16.5. The third-order valence-electron chi connectivity index (χ3n) is 6.35. The van der Waals surface area contributed by atoms with Crippen molar-refractivity contribution < 1.29 is 14.3 Å². The topological polar surface area (TPSA) is 71.5 Å². The molecular weight excluding hydrogens is 426 g/mol. The molecule has 1 saturated heterocycles. The Labute approximate surface area is 201 Å². The highest BCUT2D eigenvalue weighted by Crippen LogP contribution is 2.24. The molecule has 1 aliphatic heterocycles. The Balaban J connectivity index is 1.40. The quantitative estimate of drug-likeness (QED) is 0.555. The molecule has 3 unspecified atom stereocenters. The molecule has 1 fully saturated rings. The van der Waals surface area contributed by atoms with Gasteiger partial charge in [-0.25, -0.2) is 0 Å². The molecule has 3 aromatic rings. The van der Waals surface area contributed by atoms with Gasteiger partial charge in [-0.15, -0.1) is 0 Å². The monoisotopic (exact) mass is 457 g/mol. The number of pyridine rings is 1. The van der Waals surface area contributed by atoms with Crippen LogP contribution in [0.5, 0.6) is 5.75 Å². The molecule has 34 heavy (non-hydrogen) atoms. The van der Waals surface area contributed by atoms with E-state index < -0.39 is 0 Å². The summed E-state index contributed by atoms with van der Waals surface area (Å²) in [5.41, 5.74) is 2.23. The number of likely N-dealkylation sites (tertiary alicyclic amines) is 1. The number of nitrogens with one attached hydrogen (secondary N) is 1. The van der Waals surface area contributed by atoms with Gasteiger partial charge < -0.3 is 15.0 Å². The Hall–Kier alpha value is -3.67. The van der Waals surface area contributed by atoms with E-state index in [4.69, 9.17) is 4.74 Å². The SMILES string of the molecule is CC1CCCC(C)N1C(=O)COc1ccc(C(=O)NC(c2ccccc2)c2ccccn2)cc1. The second-order valence-electron chi connectivity index (χ2n) is 8.81. The highest BCUT2D eigenvalue weighted by Gasteiger charge is 2.29. The molecule has 0 radical (unpaired) electrons. The number of aromatic nitrogens is 1. The van der Waals surface area contributed by atoms with E-state index in [1.165, 1.54) is 0 Å². The van der Waals surface area contributed by atoms with E-state index >= 15 is 0 Å². The fourth-order valence-corrected chi connectivity index (χ4v) is 4.57. The van der Waals surface area contributed by atoms with Gasteiger partial charge in [-0.2, -0.15) is 0 Å². The molecular formula is C28H31N3O3. The summed E-state index contributed by atoms with van der Waals surface area (Å²) >= 11 is 0. The lowest BCUT2D eigenvalue weighted by Gasteiger charge is -2.38.